The highest BCUT2D eigenvalue weighted by atomic mass is 16.4. The second kappa shape index (κ2) is 5.34. The van der Waals surface area contributed by atoms with Gasteiger partial charge in [-0.15, -0.1) is 0 Å². The molecule has 90 valence electrons. The standard InChI is InChI=1S/C9H15N3O4/c1-5(8(14)15)3-11-9(16)12-6-2-7(13)10-4-6/h5-6H,2-4H2,1H3,(H,10,13)(H,14,15)(H2,11,12,16). The third kappa shape index (κ3) is 3.76. The first-order valence-electron chi connectivity index (χ1n) is 5.03. The highest BCUT2D eigenvalue weighted by Crippen LogP contribution is 1.98. The zero-order valence-electron chi connectivity index (χ0n) is 8.95. The van der Waals surface area contributed by atoms with E-state index in [0.717, 1.165) is 0 Å². The largest absolute Gasteiger partial charge is 0.481 e. The number of rotatable bonds is 4. The van der Waals surface area contributed by atoms with Gasteiger partial charge in [0.15, 0.2) is 0 Å². The molecule has 1 fully saturated rings. The normalized spacial score (nSPS) is 21.1. The third-order valence-electron chi connectivity index (χ3n) is 2.30. The minimum Gasteiger partial charge on any atom is -0.481 e. The van der Waals surface area contributed by atoms with Crippen LogP contribution in [0.5, 0.6) is 0 Å². The summed E-state index contributed by atoms with van der Waals surface area (Å²) in [6.45, 7) is 1.99. The van der Waals surface area contributed by atoms with Crippen LogP contribution < -0.4 is 16.0 Å². The van der Waals surface area contributed by atoms with Crippen molar-refractivity contribution in [3.8, 4) is 0 Å². The number of nitrogens with one attached hydrogen (secondary N) is 3. The number of amides is 3. The molecule has 0 radical (unpaired) electrons. The zero-order chi connectivity index (χ0) is 12.1. The molecule has 0 aromatic carbocycles. The Labute approximate surface area is 92.6 Å². The summed E-state index contributed by atoms with van der Waals surface area (Å²) in [4.78, 5) is 32.6. The first kappa shape index (κ1) is 12.3. The Morgan fingerprint density at radius 2 is 2.31 bits per heavy atom. The van der Waals surface area contributed by atoms with Crippen molar-refractivity contribution >= 4 is 17.9 Å². The predicted molar refractivity (Wildman–Crippen MR) is 54.7 cm³/mol. The molecule has 16 heavy (non-hydrogen) atoms. The lowest BCUT2D eigenvalue weighted by Crippen LogP contribution is -2.44. The monoisotopic (exact) mass is 229 g/mol. The maximum atomic E-state index is 11.3. The number of hydrogen-bond acceptors (Lipinski definition) is 3. The molecule has 0 spiro atoms. The van der Waals surface area contributed by atoms with Gasteiger partial charge in [0.2, 0.25) is 5.91 Å². The van der Waals surface area contributed by atoms with E-state index < -0.39 is 17.9 Å². The van der Waals surface area contributed by atoms with Crippen LogP contribution in [0.25, 0.3) is 0 Å². The fourth-order valence-electron chi connectivity index (χ4n) is 1.28. The van der Waals surface area contributed by atoms with Gasteiger partial charge >= 0.3 is 12.0 Å². The van der Waals surface area contributed by atoms with Gasteiger partial charge in [-0.2, -0.15) is 0 Å². The van der Waals surface area contributed by atoms with Crippen molar-refractivity contribution < 1.29 is 19.5 Å². The number of carboxylic acid groups (broad SMARTS) is 1. The van der Waals surface area contributed by atoms with E-state index in [9.17, 15) is 14.4 Å². The van der Waals surface area contributed by atoms with Crippen LogP contribution in [0.4, 0.5) is 4.79 Å². The second-order valence-corrected chi connectivity index (χ2v) is 3.80. The van der Waals surface area contributed by atoms with Crippen molar-refractivity contribution in [1.82, 2.24) is 16.0 Å². The van der Waals surface area contributed by atoms with E-state index in [2.05, 4.69) is 16.0 Å². The molecule has 0 aromatic rings. The number of hydrogen-bond donors (Lipinski definition) is 4. The van der Waals surface area contributed by atoms with Gasteiger partial charge in [-0.25, -0.2) is 4.79 Å². The van der Waals surface area contributed by atoms with Crippen LogP contribution in [0, 0.1) is 5.92 Å². The van der Waals surface area contributed by atoms with Crippen molar-refractivity contribution in [3.05, 3.63) is 0 Å². The maximum Gasteiger partial charge on any atom is 0.315 e. The van der Waals surface area contributed by atoms with E-state index in [1.165, 1.54) is 6.92 Å². The van der Waals surface area contributed by atoms with E-state index in [-0.39, 0.29) is 24.9 Å². The van der Waals surface area contributed by atoms with E-state index >= 15 is 0 Å². The topological polar surface area (TPSA) is 108 Å². The lowest BCUT2D eigenvalue weighted by Gasteiger charge is -2.12. The fraction of sp³-hybridized carbons (Fsp3) is 0.667. The highest BCUT2D eigenvalue weighted by Gasteiger charge is 2.23. The molecule has 0 aromatic heterocycles. The average Bonchev–Trinajstić information content (AvgIpc) is 2.60. The Bertz CT molecular complexity index is 305. The summed E-state index contributed by atoms with van der Waals surface area (Å²) in [6, 6.07) is -0.665. The van der Waals surface area contributed by atoms with Gasteiger partial charge in [-0.3, -0.25) is 9.59 Å². The van der Waals surface area contributed by atoms with Gasteiger partial charge in [0.05, 0.1) is 12.0 Å². The molecule has 2 unspecified atom stereocenters. The average molecular weight is 229 g/mol. The lowest BCUT2D eigenvalue weighted by atomic mass is 10.2. The lowest BCUT2D eigenvalue weighted by molar-refractivity contribution is -0.140. The third-order valence-corrected chi connectivity index (χ3v) is 2.30. The van der Waals surface area contributed by atoms with Crippen molar-refractivity contribution in [2.75, 3.05) is 13.1 Å². The van der Waals surface area contributed by atoms with Crippen molar-refractivity contribution in [2.24, 2.45) is 5.92 Å². The molecular formula is C9H15N3O4. The van der Waals surface area contributed by atoms with Gasteiger partial charge in [-0.05, 0) is 0 Å². The first-order valence-corrected chi connectivity index (χ1v) is 5.03. The Morgan fingerprint density at radius 3 is 2.81 bits per heavy atom. The Balaban J connectivity index is 2.21. The maximum absolute atomic E-state index is 11.3. The van der Waals surface area contributed by atoms with Gasteiger partial charge in [0.1, 0.15) is 0 Å². The van der Waals surface area contributed by atoms with Crippen LogP contribution in [0.3, 0.4) is 0 Å². The predicted octanol–water partition coefficient (Wildman–Crippen LogP) is -1.11. The summed E-state index contributed by atoms with van der Waals surface area (Å²) in [5, 5.41) is 16.2. The fourth-order valence-corrected chi connectivity index (χ4v) is 1.28. The minimum absolute atomic E-state index is 0.0647. The molecule has 2 atom stereocenters. The Kier molecular flexibility index (Phi) is 4.10. The molecule has 1 aliphatic rings. The van der Waals surface area contributed by atoms with Crippen LogP contribution in [0.1, 0.15) is 13.3 Å². The second-order valence-electron chi connectivity index (χ2n) is 3.80. The molecule has 0 saturated carbocycles. The van der Waals surface area contributed by atoms with Gasteiger partial charge in [0, 0.05) is 19.5 Å². The first-order chi connectivity index (χ1) is 7.49. The molecule has 1 rings (SSSR count). The number of urea groups is 1. The number of carboxylic acids is 1. The molecule has 7 heteroatoms. The molecule has 1 aliphatic heterocycles. The Morgan fingerprint density at radius 1 is 1.62 bits per heavy atom. The number of carbonyl (C=O) groups is 3. The molecule has 0 aliphatic carbocycles. The molecule has 3 amide bonds. The smallest absolute Gasteiger partial charge is 0.315 e. The molecule has 1 saturated heterocycles. The minimum atomic E-state index is -0.960. The van der Waals surface area contributed by atoms with E-state index in [1.807, 2.05) is 0 Å². The van der Waals surface area contributed by atoms with Crippen molar-refractivity contribution in [2.45, 2.75) is 19.4 Å². The molecule has 7 nitrogen and oxygen atoms in total. The van der Waals surface area contributed by atoms with E-state index in [1.54, 1.807) is 0 Å². The van der Waals surface area contributed by atoms with E-state index in [0.29, 0.717) is 6.54 Å². The molecule has 4 N–H and O–H groups in total. The van der Waals surface area contributed by atoms with Crippen molar-refractivity contribution in [3.63, 3.8) is 0 Å². The molecule has 0 bridgehead atoms. The van der Waals surface area contributed by atoms with Crippen LogP contribution in [-0.4, -0.2) is 42.1 Å². The van der Waals surface area contributed by atoms with Gasteiger partial charge in [0.25, 0.3) is 0 Å². The van der Waals surface area contributed by atoms with Crippen LogP contribution >= 0.6 is 0 Å². The van der Waals surface area contributed by atoms with Gasteiger partial charge in [-0.1, -0.05) is 6.92 Å². The van der Waals surface area contributed by atoms with E-state index in [4.69, 9.17) is 5.11 Å². The Hall–Kier alpha value is -1.79. The quantitative estimate of drug-likeness (QED) is 0.490. The van der Waals surface area contributed by atoms with Crippen LogP contribution in [0.15, 0.2) is 0 Å². The molecular weight excluding hydrogens is 214 g/mol. The molecule has 1 heterocycles. The summed E-state index contributed by atoms with van der Waals surface area (Å²) in [6.07, 6.45) is 0.266. The van der Waals surface area contributed by atoms with Crippen LogP contribution in [0.2, 0.25) is 0 Å². The van der Waals surface area contributed by atoms with Crippen LogP contribution in [-0.2, 0) is 9.59 Å². The SMILES string of the molecule is CC(CNC(=O)NC1CNC(=O)C1)C(=O)O. The summed E-state index contributed by atoms with van der Waals surface area (Å²) in [5.41, 5.74) is 0. The van der Waals surface area contributed by atoms with Crippen molar-refractivity contribution in [1.29, 1.82) is 0 Å². The number of aliphatic carboxylic acids is 1. The van der Waals surface area contributed by atoms with Gasteiger partial charge < -0.3 is 21.1 Å². The summed E-state index contributed by atoms with van der Waals surface area (Å²) in [5.74, 6) is -1.68. The highest BCUT2D eigenvalue weighted by molar-refractivity contribution is 5.81. The number of carbonyl (C=O) groups excluding carboxylic acids is 2. The zero-order valence-corrected chi connectivity index (χ0v) is 8.95. The summed E-state index contributed by atoms with van der Waals surface area (Å²) < 4.78 is 0. The summed E-state index contributed by atoms with van der Waals surface area (Å²) >= 11 is 0. The summed E-state index contributed by atoms with van der Waals surface area (Å²) in [7, 11) is 0.